The van der Waals surface area contributed by atoms with Crippen LogP contribution in [0.1, 0.15) is 29.5 Å². The molecule has 1 N–H and O–H groups in total. The highest BCUT2D eigenvalue weighted by atomic mass is 16.5. The van der Waals surface area contributed by atoms with Gasteiger partial charge in [-0.3, -0.25) is 14.5 Å². The third-order valence-corrected chi connectivity index (χ3v) is 5.41. The molecule has 2 aliphatic rings. The zero-order valence-corrected chi connectivity index (χ0v) is 16.3. The predicted octanol–water partition coefficient (Wildman–Crippen LogP) is 1.73. The molecular formula is C21H28N2O4. The van der Waals surface area contributed by atoms with E-state index in [1.165, 1.54) is 4.90 Å². The van der Waals surface area contributed by atoms with Crippen LogP contribution in [0, 0.1) is 19.8 Å². The van der Waals surface area contributed by atoms with Gasteiger partial charge in [-0.25, -0.2) is 0 Å². The molecule has 146 valence electrons. The normalized spacial score (nSPS) is 20.8. The number of amides is 2. The number of likely N-dealkylation sites (tertiary alicyclic amines) is 1. The predicted molar refractivity (Wildman–Crippen MR) is 103 cm³/mol. The van der Waals surface area contributed by atoms with Crippen molar-refractivity contribution < 1.29 is 19.4 Å². The smallest absolute Gasteiger partial charge is 0.277 e. The molecule has 2 aliphatic heterocycles. The number of methoxy groups -OCH3 is 1. The lowest BCUT2D eigenvalue weighted by molar-refractivity contribution is -0.138. The molecule has 2 heterocycles. The van der Waals surface area contributed by atoms with Gasteiger partial charge in [-0.05, 0) is 43.7 Å². The quantitative estimate of drug-likeness (QED) is 0.770. The summed E-state index contributed by atoms with van der Waals surface area (Å²) in [4.78, 5) is 29.6. The van der Waals surface area contributed by atoms with E-state index in [1.54, 1.807) is 7.11 Å². The summed E-state index contributed by atoms with van der Waals surface area (Å²) >= 11 is 0. The number of benzene rings is 1. The molecule has 1 fully saturated rings. The molecule has 1 saturated heterocycles. The lowest BCUT2D eigenvalue weighted by atomic mass is 9.95. The standard InChI is InChI=1S/C21H28N2O4/c1-14-6-7-17(15(2)11-14)18-19(22-8-4-5-16(12-22)13-24)21(26)23(20(18)25)9-10-27-3/h6-7,11,16,24H,4-5,8-10,12-13H2,1-3H3. The van der Waals surface area contributed by atoms with Crippen molar-refractivity contribution in [3.63, 3.8) is 0 Å². The van der Waals surface area contributed by atoms with Gasteiger partial charge in [0.25, 0.3) is 11.8 Å². The van der Waals surface area contributed by atoms with E-state index in [9.17, 15) is 14.7 Å². The molecule has 3 rings (SSSR count). The van der Waals surface area contributed by atoms with E-state index in [0.717, 1.165) is 36.1 Å². The lowest BCUT2D eigenvalue weighted by Gasteiger charge is -2.34. The fourth-order valence-electron chi connectivity index (χ4n) is 4.00. The van der Waals surface area contributed by atoms with Gasteiger partial charge in [0.05, 0.1) is 18.7 Å². The molecule has 1 aromatic rings. The van der Waals surface area contributed by atoms with Gasteiger partial charge in [-0.1, -0.05) is 23.8 Å². The van der Waals surface area contributed by atoms with Gasteiger partial charge in [0.1, 0.15) is 5.70 Å². The molecule has 1 aromatic carbocycles. The van der Waals surface area contributed by atoms with Crippen LogP contribution in [-0.4, -0.2) is 66.7 Å². The maximum absolute atomic E-state index is 13.2. The highest BCUT2D eigenvalue weighted by Gasteiger charge is 2.42. The van der Waals surface area contributed by atoms with E-state index in [4.69, 9.17) is 4.74 Å². The first-order chi connectivity index (χ1) is 13.0. The molecule has 1 unspecified atom stereocenters. The number of aliphatic hydroxyl groups is 1. The van der Waals surface area contributed by atoms with E-state index in [0.29, 0.717) is 24.4 Å². The number of aryl methyl sites for hydroxylation is 2. The molecule has 0 spiro atoms. The van der Waals surface area contributed by atoms with E-state index >= 15 is 0 Å². The van der Waals surface area contributed by atoms with Crippen LogP contribution < -0.4 is 0 Å². The van der Waals surface area contributed by atoms with E-state index in [-0.39, 0.29) is 30.9 Å². The van der Waals surface area contributed by atoms with Crippen LogP contribution >= 0.6 is 0 Å². The van der Waals surface area contributed by atoms with Gasteiger partial charge in [0.15, 0.2) is 0 Å². The maximum atomic E-state index is 13.2. The van der Waals surface area contributed by atoms with Crippen LogP contribution in [0.25, 0.3) is 5.57 Å². The summed E-state index contributed by atoms with van der Waals surface area (Å²) in [6.07, 6.45) is 1.84. The van der Waals surface area contributed by atoms with Crippen LogP contribution in [-0.2, 0) is 14.3 Å². The molecule has 0 bridgehead atoms. The molecule has 0 aromatic heterocycles. The Balaban J connectivity index is 2.06. The monoisotopic (exact) mass is 372 g/mol. The summed E-state index contributed by atoms with van der Waals surface area (Å²) in [6, 6.07) is 5.93. The van der Waals surface area contributed by atoms with E-state index in [1.807, 2.05) is 36.9 Å². The van der Waals surface area contributed by atoms with Gasteiger partial charge >= 0.3 is 0 Å². The van der Waals surface area contributed by atoms with Crippen molar-refractivity contribution in [3.8, 4) is 0 Å². The third-order valence-electron chi connectivity index (χ3n) is 5.41. The Kier molecular flexibility index (Phi) is 5.97. The van der Waals surface area contributed by atoms with Crippen molar-refractivity contribution in [3.05, 3.63) is 40.6 Å². The van der Waals surface area contributed by atoms with Crippen molar-refractivity contribution in [2.75, 3.05) is 40.0 Å². The Morgan fingerprint density at radius 1 is 1.22 bits per heavy atom. The van der Waals surface area contributed by atoms with Crippen molar-refractivity contribution in [2.24, 2.45) is 5.92 Å². The number of aliphatic hydroxyl groups excluding tert-OH is 1. The van der Waals surface area contributed by atoms with Gasteiger partial charge < -0.3 is 14.7 Å². The van der Waals surface area contributed by atoms with Gasteiger partial charge in [0.2, 0.25) is 0 Å². The Bertz CT molecular complexity index is 771. The zero-order valence-electron chi connectivity index (χ0n) is 16.3. The summed E-state index contributed by atoms with van der Waals surface area (Å²) in [5.74, 6) is -0.390. The van der Waals surface area contributed by atoms with Crippen LogP contribution in [0.2, 0.25) is 0 Å². The summed E-state index contributed by atoms with van der Waals surface area (Å²) in [7, 11) is 1.56. The molecule has 1 atom stereocenters. The van der Waals surface area contributed by atoms with Gasteiger partial charge in [-0.2, -0.15) is 0 Å². The minimum atomic E-state index is -0.259. The summed E-state index contributed by atoms with van der Waals surface area (Å²) in [5.41, 5.74) is 3.85. The average molecular weight is 372 g/mol. The Hall–Kier alpha value is -2.18. The number of ether oxygens (including phenoxy) is 1. The number of hydrogen-bond donors (Lipinski definition) is 1. The molecule has 0 saturated carbocycles. The summed E-state index contributed by atoms with van der Waals surface area (Å²) < 4.78 is 5.08. The van der Waals surface area contributed by atoms with Gasteiger partial charge in [0, 0.05) is 26.8 Å². The molecule has 2 amide bonds. The number of rotatable bonds is 6. The number of carbonyl (C=O) groups is 2. The van der Waals surface area contributed by atoms with Gasteiger partial charge in [-0.15, -0.1) is 0 Å². The Morgan fingerprint density at radius 3 is 2.67 bits per heavy atom. The number of nitrogens with zero attached hydrogens (tertiary/aromatic N) is 2. The number of imide groups is 1. The Labute approximate surface area is 160 Å². The van der Waals surface area contributed by atoms with Crippen molar-refractivity contribution in [2.45, 2.75) is 26.7 Å². The molecule has 27 heavy (non-hydrogen) atoms. The SMILES string of the molecule is COCCN1C(=O)C(c2ccc(C)cc2C)=C(N2CCCC(CO)C2)C1=O. The summed E-state index contributed by atoms with van der Waals surface area (Å²) in [6.45, 7) is 5.94. The molecule has 0 radical (unpaired) electrons. The third kappa shape index (κ3) is 3.77. The topological polar surface area (TPSA) is 70.1 Å². The number of piperidine rings is 1. The van der Waals surface area contributed by atoms with Crippen LogP contribution in [0.4, 0.5) is 0 Å². The molecule has 6 heteroatoms. The molecule has 6 nitrogen and oxygen atoms in total. The second-order valence-corrected chi connectivity index (χ2v) is 7.43. The maximum Gasteiger partial charge on any atom is 0.277 e. The first-order valence-electron chi connectivity index (χ1n) is 9.50. The van der Waals surface area contributed by atoms with E-state index < -0.39 is 0 Å². The zero-order chi connectivity index (χ0) is 19.6. The molecular weight excluding hydrogens is 344 g/mol. The van der Waals surface area contributed by atoms with E-state index in [2.05, 4.69) is 0 Å². The van der Waals surface area contributed by atoms with Crippen molar-refractivity contribution >= 4 is 17.4 Å². The van der Waals surface area contributed by atoms with Crippen molar-refractivity contribution in [1.29, 1.82) is 0 Å². The minimum absolute atomic E-state index is 0.0954. The summed E-state index contributed by atoms with van der Waals surface area (Å²) in [5, 5.41) is 9.57. The number of carbonyl (C=O) groups excluding carboxylic acids is 2. The second-order valence-electron chi connectivity index (χ2n) is 7.43. The second kappa shape index (κ2) is 8.23. The average Bonchev–Trinajstić information content (AvgIpc) is 2.90. The lowest BCUT2D eigenvalue weighted by Crippen LogP contribution is -2.41. The largest absolute Gasteiger partial charge is 0.396 e. The van der Waals surface area contributed by atoms with Crippen molar-refractivity contribution in [1.82, 2.24) is 9.80 Å². The highest BCUT2D eigenvalue weighted by Crippen LogP contribution is 2.35. The fourth-order valence-corrected chi connectivity index (χ4v) is 4.00. The minimum Gasteiger partial charge on any atom is -0.396 e. The van der Waals surface area contributed by atoms with Crippen LogP contribution in [0.15, 0.2) is 23.9 Å². The number of hydrogen-bond acceptors (Lipinski definition) is 5. The first-order valence-corrected chi connectivity index (χ1v) is 9.50. The fraction of sp³-hybridized carbons (Fsp3) is 0.524. The Morgan fingerprint density at radius 2 is 2.00 bits per heavy atom. The van der Waals surface area contributed by atoms with Crippen LogP contribution in [0.3, 0.4) is 0 Å². The molecule has 0 aliphatic carbocycles. The first kappa shape index (κ1) is 19.6. The highest BCUT2D eigenvalue weighted by molar-refractivity contribution is 6.35. The van der Waals surface area contributed by atoms with Crippen LogP contribution in [0.5, 0.6) is 0 Å².